The molecule has 0 aromatic rings. The molecule has 18 heavy (non-hydrogen) atoms. The van der Waals surface area contributed by atoms with Crippen molar-refractivity contribution in [1.29, 1.82) is 0 Å². The second kappa shape index (κ2) is 3.17. The van der Waals surface area contributed by atoms with Gasteiger partial charge in [0.1, 0.15) is 11.9 Å². The van der Waals surface area contributed by atoms with Crippen LogP contribution in [0.5, 0.6) is 0 Å². The molecule has 0 aromatic carbocycles. The van der Waals surface area contributed by atoms with Gasteiger partial charge in [-0.25, -0.2) is 0 Å². The van der Waals surface area contributed by atoms with Crippen LogP contribution in [0.25, 0.3) is 0 Å². The SMILES string of the molecule is CC(C)(C)[C@@]12O[C@@H]1[C@](C)(O)C(=O)C1=C2OCCC1. The van der Waals surface area contributed by atoms with Crippen molar-refractivity contribution in [2.24, 2.45) is 5.41 Å². The van der Waals surface area contributed by atoms with Crippen LogP contribution in [0.2, 0.25) is 0 Å². The molecule has 100 valence electrons. The molecule has 0 unspecified atom stereocenters. The van der Waals surface area contributed by atoms with Crippen molar-refractivity contribution in [3.8, 4) is 0 Å². The van der Waals surface area contributed by atoms with Crippen LogP contribution < -0.4 is 0 Å². The number of carbonyl (C=O) groups excluding carboxylic acids is 1. The first kappa shape index (κ1) is 12.2. The van der Waals surface area contributed by atoms with E-state index in [0.29, 0.717) is 24.4 Å². The Morgan fingerprint density at radius 2 is 2.06 bits per heavy atom. The minimum absolute atomic E-state index is 0.208. The van der Waals surface area contributed by atoms with Crippen LogP contribution in [0, 0.1) is 5.41 Å². The molecule has 0 aromatic heterocycles. The Hall–Kier alpha value is -0.870. The van der Waals surface area contributed by atoms with Crippen LogP contribution in [0.1, 0.15) is 40.5 Å². The van der Waals surface area contributed by atoms with Gasteiger partial charge in [-0.2, -0.15) is 0 Å². The van der Waals surface area contributed by atoms with Crippen LogP contribution in [0.3, 0.4) is 0 Å². The lowest BCUT2D eigenvalue weighted by molar-refractivity contribution is -0.135. The topological polar surface area (TPSA) is 59.1 Å². The minimum atomic E-state index is -1.42. The molecule has 3 atom stereocenters. The maximum absolute atomic E-state index is 12.3. The summed E-state index contributed by atoms with van der Waals surface area (Å²) >= 11 is 0. The number of Topliss-reactive ketones (excluding diaryl/α,β-unsaturated/α-hetero) is 1. The average molecular weight is 252 g/mol. The molecular formula is C14H20O4. The van der Waals surface area contributed by atoms with Crippen molar-refractivity contribution < 1.29 is 19.4 Å². The Balaban J connectivity index is 2.19. The van der Waals surface area contributed by atoms with E-state index in [0.717, 1.165) is 6.42 Å². The van der Waals surface area contributed by atoms with Gasteiger partial charge >= 0.3 is 0 Å². The third-order valence-electron chi connectivity index (χ3n) is 4.40. The molecular weight excluding hydrogens is 232 g/mol. The highest BCUT2D eigenvalue weighted by molar-refractivity contribution is 6.05. The number of epoxide rings is 1. The van der Waals surface area contributed by atoms with Crippen molar-refractivity contribution in [3.63, 3.8) is 0 Å². The minimum Gasteiger partial charge on any atom is -0.494 e. The van der Waals surface area contributed by atoms with Crippen molar-refractivity contribution >= 4 is 5.78 Å². The first-order chi connectivity index (χ1) is 8.23. The predicted octanol–water partition coefficient (Wildman–Crippen LogP) is 1.57. The molecule has 1 fully saturated rings. The summed E-state index contributed by atoms with van der Waals surface area (Å²) in [7, 11) is 0. The quantitative estimate of drug-likeness (QED) is 0.665. The van der Waals surface area contributed by atoms with Gasteiger partial charge < -0.3 is 14.6 Å². The van der Waals surface area contributed by atoms with Crippen LogP contribution >= 0.6 is 0 Å². The molecule has 1 N–H and O–H groups in total. The Morgan fingerprint density at radius 1 is 1.39 bits per heavy atom. The van der Waals surface area contributed by atoms with Crippen molar-refractivity contribution in [3.05, 3.63) is 11.3 Å². The first-order valence-electron chi connectivity index (χ1n) is 6.54. The number of hydrogen-bond donors (Lipinski definition) is 1. The van der Waals surface area contributed by atoms with Gasteiger partial charge in [0.2, 0.25) is 0 Å². The summed E-state index contributed by atoms with van der Waals surface area (Å²) in [5.41, 5.74) is -1.62. The molecule has 1 aliphatic carbocycles. The number of ketones is 1. The van der Waals surface area contributed by atoms with E-state index < -0.39 is 17.3 Å². The monoisotopic (exact) mass is 252 g/mol. The van der Waals surface area contributed by atoms with Gasteiger partial charge in [-0.3, -0.25) is 4.79 Å². The summed E-state index contributed by atoms with van der Waals surface area (Å²) in [5, 5.41) is 10.5. The van der Waals surface area contributed by atoms with E-state index in [9.17, 15) is 9.90 Å². The van der Waals surface area contributed by atoms with Crippen LogP contribution in [-0.2, 0) is 14.3 Å². The van der Waals surface area contributed by atoms with Gasteiger partial charge in [0.15, 0.2) is 17.0 Å². The maximum Gasteiger partial charge on any atom is 0.196 e. The molecule has 0 amide bonds. The van der Waals surface area contributed by atoms with E-state index in [1.807, 2.05) is 0 Å². The van der Waals surface area contributed by atoms with Gasteiger partial charge in [-0.05, 0) is 19.8 Å². The van der Waals surface area contributed by atoms with Gasteiger partial charge in [0.05, 0.1) is 6.61 Å². The fourth-order valence-corrected chi connectivity index (χ4v) is 3.34. The molecule has 0 spiro atoms. The fourth-order valence-electron chi connectivity index (χ4n) is 3.34. The van der Waals surface area contributed by atoms with E-state index in [4.69, 9.17) is 9.47 Å². The van der Waals surface area contributed by atoms with E-state index in [1.165, 1.54) is 0 Å². The first-order valence-corrected chi connectivity index (χ1v) is 6.54. The highest BCUT2D eigenvalue weighted by atomic mass is 16.7. The molecule has 2 heterocycles. The normalized spacial score (nSPS) is 43.2. The number of fused-ring (bicyclic) bond motifs is 2. The molecule has 0 saturated carbocycles. The largest absolute Gasteiger partial charge is 0.494 e. The molecule has 4 nitrogen and oxygen atoms in total. The van der Waals surface area contributed by atoms with Gasteiger partial charge in [-0.1, -0.05) is 20.8 Å². The van der Waals surface area contributed by atoms with Crippen LogP contribution in [0.4, 0.5) is 0 Å². The third kappa shape index (κ3) is 1.20. The summed E-state index contributed by atoms with van der Waals surface area (Å²) in [4.78, 5) is 12.3. The molecule has 0 radical (unpaired) electrons. The summed E-state index contributed by atoms with van der Waals surface area (Å²) in [6.45, 7) is 8.36. The summed E-state index contributed by atoms with van der Waals surface area (Å²) in [6, 6.07) is 0. The van der Waals surface area contributed by atoms with Crippen molar-refractivity contribution in [2.75, 3.05) is 6.61 Å². The van der Waals surface area contributed by atoms with Gasteiger partial charge in [0.25, 0.3) is 0 Å². The molecule has 3 aliphatic rings. The van der Waals surface area contributed by atoms with Crippen LogP contribution in [0.15, 0.2) is 11.3 Å². The second-order valence-electron chi connectivity index (χ2n) is 6.72. The Bertz CT molecular complexity index is 455. The lowest BCUT2D eigenvalue weighted by atomic mass is 9.66. The van der Waals surface area contributed by atoms with Gasteiger partial charge in [-0.15, -0.1) is 0 Å². The molecule has 4 heteroatoms. The average Bonchev–Trinajstić information content (AvgIpc) is 3.03. The number of rotatable bonds is 0. The molecule has 3 rings (SSSR count). The second-order valence-corrected chi connectivity index (χ2v) is 6.72. The predicted molar refractivity (Wildman–Crippen MR) is 64.9 cm³/mol. The fraction of sp³-hybridized carbons (Fsp3) is 0.786. The summed E-state index contributed by atoms with van der Waals surface area (Å²) in [5.74, 6) is 0.461. The summed E-state index contributed by atoms with van der Waals surface area (Å²) in [6.07, 6.45) is 1.03. The Labute approximate surface area is 107 Å². The molecule has 2 aliphatic heterocycles. The molecule has 1 saturated heterocycles. The van der Waals surface area contributed by atoms with Gasteiger partial charge in [0, 0.05) is 11.0 Å². The number of carbonyl (C=O) groups is 1. The van der Waals surface area contributed by atoms with E-state index in [2.05, 4.69) is 20.8 Å². The van der Waals surface area contributed by atoms with E-state index in [1.54, 1.807) is 6.92 Å². The van der Waals surface area contributed by atoms with Crippen molar-refractivity contribution in [2.45, 2.75) is 57.8 Å². The smallest absolute Gasteiger partial charge is 0.196 e. The standard InChI is InChI=1S/C14H20O4/c1-12(2,3)14-10-8(6-5-7-17-10)9(15)13(4,16)11(14)18-14/h11,16H,5-7H2,1-4H3/t11-,13-,14+/m1/s1. The Morgan fingerprint density at radius 3 is 2.67 bits per heavy atom. The number of aliphatic hydroxyl groups is 1. The number of ether oxygens (including phenoxy) is 2. The highest BCUT2D eigenvalue weighted by Crippen LogP contribution is 2.63. The van der Waals surface area contributed by atoms with E-state index >= 15 is 0 Å². The number of hydrogen-bond acceptors (Lipinski definition) is 4. The third-order valence-corrected chi connectivity index (χ3v) is 4.40. The lowest BCUT2D eigenvalue weighted by Crippen LogP contribution is -2.54. The zero-order chi connectivity index (χ0) is 13.3. The zero-order valence-corrected chi connectivity index (χ0v) is 11.4. The van der Waals surface area contributed by atoms with Crippen molar-refractivity contribution in [1.82, 2.24) is 0 Å². The van der Waals surface area contributed by atoms with E-state index in [-0.39, 0.29) is 11.2 Å². The lowest BCUT2D eigenvalue weighted by Gasteiger charge is -2.39. The maximum atomic E-state index is 12.3. The Kier molecular flexibility index (Phi) is 2.14. The molecule has 0 bridgehead atoms. The highest BCUT2D eigenvalue weighted by Gasteiger charge is 2.77. The zero-order valence-electron chi connectivity index (χ0n) is 11.4. The van der Waals surface area contributed by atoms with Crippen LogP contribution in [-0.4, -0.2) is 34.8 Å². The summed E-state index contributed by atoms with van der Waals surface area (Å²) < 4.78 is 11.6.